The van der Waals surface area contributed by atoms with Gasteiger partial charge < -0.3 is 15.4 Å². The fourth-order valence-corrected chi connectivity index (χ4v) is 3.28. The van der Waals surface area contributed by atoms with E-state index in [2.05, 4.69) is 20.6 Å². The summed E-state index contributed by atoms with van der Waals surface area (Å²) in [7, 11) is 1.75. The minimum atomic E-state index is -0.177. The van der Waals surface area contributed by atoms with E-state index in [4.69, 9.17) is 4.74 Å². The van der Waals surface area contributed by atoms with Crippen LogP contribution in [-0.2, 0) is 12.0 Å². The summed E-state index contributed by atoms with van der Waals surface area (Å²) in [5.41, 5.74) is 2.14. The summed E-state index contributed by atoms with van der Waals surface area (Å²) in [5, 5.41) is 6.70. The molecule has 2 aliphatic rings. The maximum absolute atomic E-state index is 13.5. The third-order valence-corrected chi connectivity index (χ3v) is 5.53. The highest BCUT2D eigenvalue weighted by atomic mass is 19.1. The Kier molecular flexibility index (Phi) is 5.46. The number of ether oxygens (including phenoxy) is 1. The highest BCUT2D eigenvalue weighted by Gasteiger charge is 2.44. The molecular formula is C22H27FN4O. The molecule has 2 fully saturated rings. The Bertz CT molecular complexity index is 829. The summed E-state index contributed by atoms with van der Waals surface area (Å²) in [4.78, 5) is 8.66. The van der Waals surface area contributed by atoms with Gasteiger partial charge in [-0.05, 0) is 54.9 Å². The number of nitrogens with one attached hydrogen (secondary N) is 2. The quantitative estimate of drug-likeness (QED) is 0.543. The molecule has 1 aromatic carbocycles. The predicted octanol–water partition coefficient (Wildman–Crippen LogP) is 3.41. The lowest BCUT2D eigenvalue weighted by Crippen LogP contribution is -2.40. The van der Waals surface area contributed by atoms with Crippen LogP contribution >= 0.6 is 0 Å². The average Bonchev–Trinajstić information content (AvgIpc) is 3.63. The molecule has 0 saturated heterocycles. The first kappa shape index (κ1) is 18.7. The maximum Gasteiger partial charge on any atom is 0.213 e. The number of hydrogen-bond donors (Lipinski definition) is 2. The lowest BCUT2D eigenvalue weighted by molar-refractivity contribution is 0.288. The highest BCUT2D eigenvalue weighted by molar-refractivity contribution is 5.79. The average molecular weight is 382 g/mol. The van der Waals surface area contributed by atoms with Crippen LogP contribution < -0.4 is 15.4 Å². The van der Waals surface area contributed by atoms with Gasteiger partial charge >= 0.3 is 0 Å². The number of benzene rings is 1. The van der Waals surface area contributed by atoms with Gasteiger partial charge in [0, 0.05) is 37.8 Å². The van der Waals surface area contributed by atoms with E-state index < -0.39 is 0 Å². The molecular weight excluding hydrogens is 355 g/mol. The number of aliphatic imine (C=N–C) groups is 1. The molecule has 1 aromatic heterocycles. The van der Waals surface area contributed by atoms with Crippen molar-refractivity contribution in [1.29, 1.82) is 0 Å². The second-order valence-corrected chi connectivity index (χ2v) is 7.83. The fraction of sp³-hybridized carbons (Fsp3) is 0.455. The third-order valence-electron chi connectivity index (χ3n) is 5.53. The molecule has 0 radical (unpaired) electrons. The van der Waals surface area contributed by atoms with Crippen molar-refractivity contribution < 1.29 is 9.13 Å². The van der Waals surface area contributed by atoms with Crippen LogP contribution in [0.1, 0.15) is 36.8 Å². The van der Waals surface area contributed by atoms with Crippen molar-refractivity contribution in [3.8, 4) is 5.88 Å². The zero-order valence-corrected chi connectivity index (χ0v) is 16.2. The Morgan fingerprint density at radius 3 is 2.75 bits per heavy atom. The van der Waals surface area contributed by atoms with E-state index in [-0.39, 0.29) is 11.2 Å². The maximum atomic E-state index is 13.5. The van der Waals surface area contributed by atoms with E-state index in [1.54, 1.807) is 19.2 Å². The van der Waals surface area contributed by atoms with E-state index in [0.29, 0.717) is 12.4 Å². The molecule has 0 amide bonds. The van der Waals surface area contributed by atoms with Gasteiger partial charge in [-0.25, -0.2) is 9.37 Å². The van der Waals surface area contributed by atoms with E-state index >= 15 is 0 Å². The van der Waals surface area contributed by atoms with Crippen LogP contribution in [-0.4, -0.2) is 31.1 Å². The molecule has 5 nitrogen and oxygen atoms in total. The van der Waals surface area contributed by atoms with E-state index in [1.807, 2.05) is 24.4 Å². The van der Waals surface area contributed by atoms with Gasteiger partial charge in [-0.1, -0.05) is 18.2 Å². The summed E-state index contributed by atoms with van der Waals surface area (Å²) in [6.45, 7) is 2.14. The second-order valence-electron chi connectivity index (χ2n) is 7.83. The SMILES string of the molecule is CN=C(NCc1ccc(OCC2CC2)nc1)NCC1(c2cccc(F)c2)CC1. The summed E-state index contributed by atoms with van der Waals surface area (Å²) < 4.78 is 19.2. The zero-order valence-electron chi connectivity index (χ0n) is 16.2. The Balaban J connectivity index is 1.25. The molecule has 2 N–H and O–H groups in total. The molecule has 0 bridgehead atoms. The zero-order chi connectivity index (χ0) is 19.4. The molecule has 4 rings (SSSR count). The molecule has 0 aliphatic heterocycles. The molecule has 2 aromatic rings. The highest BCUT2D eigenvalue weighted by Crippen LogP contribution is 2.47. The summed E-state index contributed by atoms with van der Waals surface area (Å²) >= 11 is 0. The predicted molar refractivity (Wildman–Crippen MR) is 108 cm³/mol. The molecule has 0 atom stereocenters. The minimum Gasteiger partial charge on any atom is -0.477 e. The normalized spacial score (nSPS) is 17.9. The summed E-state index contributed by atoms with van der Waals surface area (Å²) in [6.07, 6.45) is 6.50. The Morgan fingerprint density at radius 1 is 1.25 bits per heavy atom. The number of nitrogens with zero attached hydrogens (tertiary/aromatic N) is 2. The topological polar surface area (TPSA) is 58.5 Å². The molecule has 2 aliphatic carbocycles. The largest absolute Gasteiger partial charge is 0.477 e. The van der Waals surface area contributed by atoms with Crippen molar-refractivity contribution in [2.75, 3.05) is 20.2 Å². The Labute approximate surface area is 165 Å². The Hall–Kier alpha value is -2.63. The van der Waals surface area contributed by atoms with Gasteiger partial charge in [-0.2, -0.15) is 0 Å². The van der Waals surface area contributed by atoms with Crippen LogP contribution in [0.15, 0.2) is 47.6 Å². The van der Waals surface area contributed by atoms with E-state index in [1.165, 1.54) is 18.9 Å². The molecule has 2 saturated carbocycles. The lowest BCUT2D eigenvalue weighted by atomic mass is 9.96. The molecule has 0 unspecified atom stereocenters. The van der Waals surface area contributed by atoms with Gasteiger partial charge in [0.15, 0.2) is 5.96 Å². The number of halogens is 1. The number of guanidine groups is 1. The van der Waals surface area contributed by atoms with Crippen molar-refractivity contribution in [3.63, 3.8) is 0 Å². The molecule has 0 spiro atoms. The fourth-order valence-electron chi connectivity index (χ4n) is 3.28. The lowest BCUT2D eigenvalue weighted by Gasteiger charge is -2.19. The number of rotatable bonds is 8. The molecule has 28 heavy (non-hydrogen) atoms. The first-order chi connectivity index (χ1) is 13.7. The van der Waals surface area contributed by atoms with Gasteiger partial charge in [-0.15, -0.1) is 0 Å². The van der Waals surface area contributed by atoms with Gasteiger partial charge in [0.05, 0.1) is 6.61 Å². The van der Waals surface area contributed by atoms with Crippen LogP contribution in [0, 0.1) is 11.7 Å². The van der Waals surface area contributed by atoms with E-state index in [9.17, 15) is 4.39 Å². The standard InChI is InChI=1S/C22H27FN4O/c1-24-21(27-15-22(9-10-22)18-3-2-4-19(23)11-18)26-13-17-7-8-20(25-12-17)28-14-16-5-6-16/h2-4,7-8,11-12,16H,5-6,9-10,13-15H2,1H3,(H2,24,26,27). The number of hydrogen-bond acceptors (Lipinski definition) is 3. The molecule has 6 heteroatoms. The smallest absolute Gasteiger partial charge is 0.213 e. The van der Waals surface area contributed by atoms with Crippen LogP contribution in [0.3, 0.4) is 0 Å². The monoisotopic (exact) mass is 382 g/mol. The van der Waals surface area contributed by atoms with Gasteiger partial charge in [-0.3, -0.25) is 4.99 Å². The van der Waals surface area contributed by atoms with Crippen molar-refractivity contribution in [2.45, 2.75) is 37.6 Å². The van der Waals surface area contributed by atoms with Crippen LogP contribution in [0.2, 0.25) is 0 Å². The van der Waals surface area contributed by atoms with Crippen LogP contribution in [0.4, 0.5) is 4.39 Å². The van der Waals surface area contributed by atoms with Crippen molar-refractivity contribution in [3.05, 3.63) is 59.5 Å². The van der Waals surface area contributed by atoms with Gasteiger partial charge in [0.25, 0.3) is 0 Å². The van der Waals surface area contributed by atoms with Crippen molar-refractivity contribution >= 4 is 5.96 Å². The van der Waals surface area contributed by atoms with Gasteiger partial charge in [0.1, 0.15) is 5.82 Å². The first-order valence-electron chi connectivity index (χ1n) is 9.95. The van der Waals surface area contributed by atoms with Crippen LogP contribution in [0.5, 0.6) is 5.88 Å². The number of pyridine rings is 1. The third kappa shape index (κ3) is 4.80. The van der Waals surface area contributed by atoms with Crippen LogP contribution in [0.25, 0.3) is 0 Å². The van der Waals surface area contributed by atoms with Crippen molar-refractivity contribution in [1.82, 2.24) is 15.6 Å². The summed E-state index contributed by atoms with van der Waals surface area (Å²) in [5.74, 6) is 1.96. The molecule has 148 valence electrons. The van der Waals surface area contributed by atoms with Crippen molar-refractivity contribution in [2.24, 2.45) is 10.9 Å². The second kappa shape index (κ2) is 8.17. The van der Waals surface area contributed by atoms with E-state index in [0.717, 1.165) is 49.0 Å². The first-order valence-corrected chi connectivity index (χ1v) is 9.95. The summed E-state index contributed by atoms with van der Waals surface area (Å²) in [6, 6.07) is 10.9. The minimum absolute atomic E-state index is 0.0157. The van der Waals surface area contributed by atoms with Gasteiger partial charge in [0.2, 0.25) is 5.88 Å². The molecule has 1 heterocycles. The Morgan fingerprint density at radius 2 is 2.11 bits per heavy atom. The number of aromatic nitrogens is 1.